The van der Waals surface area contributed by atoms with Crippen LogP contribution < -0.4 is 0 Å². The van der Waals surface area contributed by atoms with Crippen LogP contribution in [-0.2, 0) is 18.4 Å². The molecule has 0 amide bonds. The number of rotatable bonds is 6. The monoisotopic (exact) mass is 242 g/mol. The number of carbonyl (C=O) groups is 1. The third-order valence-corrected chi connectivity index (χ3v) is 5.18. The molecule has 1 atom stereocenters. The van der Waals surface area contributed by atoms with Gasteiger partial charge in [-0.05, 0) is 27.7 Å². The predicted molar refractivity (Wildman–Crippen MR) is 55.8 cm³/mol. The summed E-state index contributed by atoms with van der Waals surface area (Å²) >= 11 is 5.87. The zero-order valence-corrected chi connectivity index (χ0v) is 10.5. The van der Waals surface area contributed by atoms with E-state index in [-0.39, 0.29) is 13.2 Å². The molecule has 0 aliphatic rings. The van der Waals surface area contributed by atoms with Crippen LogP contribution in [0, 0.1) is 0 Å². The Morgan fingerprint density at radius 1 is 1.36 bits per heavy atom. The Hall–Kier alpha value is 0.110. The quantitative estimate of drug-likeness (QED) is 0.531. The Kier molecular flexibility index (Phi) is 5.31. The molecular formula is C8H16ClO4P. The van der Waals surface area contributed by atoms with E-state index >= 15 is 0 Å². The highest BCUT2D eigenvalue weighted by Gasteiger charge is 2.49. The fraction of sp³-hybridized carbons (Fsp3) is 0.875. The Labute approximate surface area is 89.4 Å². The lowest BCUT2D eigenvalue weighted by molar-refractivity contribution is -0.117. The van der Waals surface area contributed by atoms with Crippen molar-refractivity contribution < 1.29 is 18.4 Å². The largest absolute Gasteiger partial charge is 0.358 e. The average molecular weight is 243 g/mol. The van der Waals surface area contributed by atoms with Crippen LogP contribution in [0.3, 0.4) is 0 Å². The van der Waals surface area contributed by atoms with Gasteiger partial charge in [0.25, 0.3) is 0 Å². The van der Waals surface area contributed by atoms with Crippen LogP contribution in [0.15, 0.2) is 0 Å². The minimum Gasteiger partial charge on any atom is -0.307 e. The molecule has 14 heavy (non-hydrogen) atoms. The Balaban J connectivity index is 4.99. The maximum atomic E-state index is 12.1. The van der Waals surface area contributed by atoms with E-state index in [0.29, 0.717) is 0 Å². The van der Waals surface area contributed by atoms with Gasteiger partial charge in [0.1, 0.15) is 0 Å². The maximum Gasteiger partial charge on any atom is 0.358 e. The molecule has 0 spiro atoms. The third-order valence-electron chi connectivity index (χ3n) is 1.75. The SMILES string of the molecule is CCOP(=O)(OCC)C(C)(Cl)C(C)=O. The van der Waals surface area contributed by atoms with Crippen molar-refractivity contribution in [1.29, 1.82) is 0 Å². The van der Waals surface area contributed by atoms with Crippen molar-refractivity contribution in [3.05, 3.63) is 0 Å². The summed E-state index contributed by atoms with van der Waals surface area (Å²) in [6.45, 7) is 6.32. The standard InChI is InChI=1S/C8H16ClO4P/c1-5-12-14(11,13-6-2)8(4,9)7(3)10/h5-6H2,1-4H3. The Morgan fingerprint density at radius 2 is 1.71 bits per heavy atom. The van der Waals surface area contributed by atoms with Crippen molar-refractivity contribution in [3.8, 4) is 0 Å². The molecular weight excluding hydrogens is 227 g/mol. The summed E-state index contributed by atoms with van der Waals surface area (Å²) < 4.78 is 20.4. The number of hydrogen-bond acceptors (Lipinski definition) is 4. The summed E-state index contributed by atoms with van der Waals surface area (Å²) in [7, 11) is -3.56. The lowest BCUT2D eigenvalue weighted by Gasteiger charge is -2.28. The second-order valence-electron chi connectivity index (χ2n) is 2.84. The Morgan fingerprint density at radius 3 is 1.93 bits per heavy atom. The van der Waals surface area contributed by atoms with Gasteiger partial charge in [0.05, 0.1) is 13.2 Å². The molecule has 0 aromatic rings. The van der Waals surface area contributed by atoms with E-state index in [0.717, 1.165) is 0 Å². The molecule has 84 valence electrons. The van der Waals surface area contributed by atoms with E-state index in [9.17, 15) is 9.36 Å². The second-order valence-corrected chi connectivity index (χ2v) is 6.27. The van der Waals surface area contributed by atoms with Crippen molar-refractivity contribution in [1.82, 2.24) is 0 Å². The molecule has 0 heterocycles. The predicted octanol–water partition coefficient (Wildman–Crippen LogP) is 2.80. The van der Waals surface area contributed by atoms with Gasteiger partial charge in [-0.2, -0.15) is 0 Å². The van der Waals surface area contributed by atoms with Gasteiger partial charge in [-0.15, -0.1) is 0 Å². The summed E-state index contributed by atoms with van der Waals surface area (Å²) in [5.74, 6) is -0.426. The summed E-state index contributed by atoms with van der Waals surface area (Å²) in [6, 6.07) is 0. The molecule has 0 fully saturated rings. The van der Waals surface area contributed by atoms with Crippen LogP contribution in [0.25, 0.3) is 0 Å². The molecule has 0 saturated carbocycles. The third kappa shape index (κ3) is 2.80. The molecule has 0 aromatic carbocycles. The van der Waals surface area contributed by atoms with Crippen molar-refractivity contribution in [3.63, 3.8) is 0 Å². The normalized spacial score (nSPS) is 16.4. The van der Waals surface area contributed by atoms with Crippen molar-refractivity contribution in [2.75, 3.05) is 13.2 Å². The maximum absolute atomic E-state index is 12.1. The molecule has 1 unspecified atom stereocenters. The topological polar surface area (TPSA) is 52.6 Å². The van der Waals surface area contributed by atoms with Gasteiger partial charge in [0, 0.05) is 0 Å². The van der Waals surface area contributed by atoms with Gasteiger partial charge in [0.15, 0.2) is 5.78 Å². The highest BCUT2D eigenvalue weighted by Crippen LogP contribution is 2.62. The second kappa shape index (κ2) is 5.26. The summed E-state index contributed by atoms with van der Waals surface area (Å²) in [4.78, 5) is 11.2. The van der Waals surface area contributed by atoms with Gasteiger partial charge in [-0.3, -0.25) is 9.36 Å². The summed E-state index contributed by atoms with van der Waals surface area (Å²) in [5, 5.41) is 0. The van der Waals surface area contributed by atoms with Crippen LogP contribution in [0.1, 0.15) is 27.7 Å². The molecule has 0 aliphatic carbocycles. The van der Waals surface area contributed by atoms with Crippen molar-refractivity contribution in [2.24, 2.45) is 0 Å². The van der Waals surface area contributed by atoms with Gasteiger partial charge in [-0.1, -0.05) is 11.6 Å². The first kappa shape index (κ1) is 14.1. The van der Waals surface area contributed by atoms with E-state index in [2.05, 4.69) is 0 Å². The number of alkyl halides is 1. The van der Waals surface area contributed by atoms with E-state index < -0.39 is 18.0 Å². The zero-order chi connectivity index (χ0) is 11.4. The molecule has 0 rings (SSSR count). The molecule has 6 heteroatoms. The van der Waals surface area contributed by atoms with E-state index in [4.69, 9.17) is 20.6 Å². The van der Waals surface area contributed by atoms with Crippen molar-refractivity contribution in [2.45, 2.75) is 32.3 Å². The summed E-state index contributed by atoms with van der Waals surface area (Å²) in [5.41, 5.74) is 0. The average Bonchev–Trinajstić information content (AvgIpc) is 2.04. The number of Topliss-reactive ketones (excluding diaryl/α,β-unsaturated/α-hetero) is 1. The minimum absolute atomic E-state index is 0.187. The molecule has 0 bridgehead atoms. The molecule has 0 saturated heterocycles. The molecule has 0 aliphatic heterocycles. The first-order chi connectivity index (χ1) is 6.31. The van der Waals surface area contributed by atoms with Gasteiger partial charge >= 0.3 is 7.60 Å². The Bertz CT molecular complexity index is 242. The van der Waals surface area contributed by atoms with Gasteiger partial charge in [-0.25, -0.2) is 0 Å². The van der Waals surface area contributed by atoms with Crippen LogP contribution in [0.4, 0.5) is 0 Å². The molecule has 0 N–H and O–H groups in total. The number of ketones is 1. The molecule has 4 nitrogen and oxygen atoms in total. The van der Waals surface area contributed by atoms with E-state index in [1.165, 1.54) is 13.8 Å². The van der Waals surface area contributed by atoms with Crippen LogP contribution >= 0.6 is 19.2 Å². The number of carbonyl (C=O) groups excluding carboxylic acids is 1. The zero-order valence-electron chi connectivity index (χ0n) is 8.87. The highest BCUT2D eigenvalue weighted by atomic mass is 35.5. The van der Waals surface area contributed by atoms with Crippen LogP contribution in [0.5, 0.6) is 0 Å². The fourth-order valence-corrected chi connectivity index (χ4v) is 2.73. The van der Waals surface area contributed by atoms with Gasteiger partial charge < -0.3 is 9.05 Å². The van der Waals surface area contributed by atoms with E-state index in [1.54, 1.807) is 13.8 Å². The molecule has 0 aromatic heterocycles. The number of halogens is 1. The first-order valence-electron chi connectivity index (χ1n) is 4.41. The lowest BCUT2D eigenvalue weighted by Crippen LogP contribution is -2.28. The molecule has 0 radical (unpaired) electrons. The number of hydrogen-bond donors (Lipinski definition) is 0. The van der Waals surface area contributed by atoms with Gasteiger partial charge in [0.2, 0.25) is 4.62 Å². The van der Waals surface area contributed by atoms with E-state index in [1.807, 2.05) is 0 Å². The smallest absolute Gasteiger partial charge is 0.307 e. The first-order valence-corrected chi connectivity index (χ1v) is 6.33. The van der Waals surface area contributed by atoms with Crippen LogP contribution in [0.2, 0.25) is 0 Å². The van der Waals surface area contributed by atoms with Crippen molar-refractivity contribution >= 4 is 25.0 Å². The van der Waals surface area contributed by atoms with Crippen LogP contribution in [-0.4, -0.2) is 23.6 Å². The lowest BCUT2D eigenvalue weighted by atomic mass is 10.3. The fourth-order valence-electron chi connectivity index (χ4n) is 0.812. The summed E-state index contributed by atoms with van der Waals surface area (Å²) in [6.07, 6.45) is 0. The highest BCUT2D eigenvalue weighted by molar-refractivity contribution is 7.59. The minimum atomic E-state index is -3.56.